The molecule has 96 valence electrons. The van der Waals surface area contributed by atoms with Crippen molar-refractivity contribution in [2.45, 2.75) is 32.4 Å². The second kappa shape index (κ2) is 7.09. The highest BCUT2D eigenvalue weighted by atomic mass is 79.9. The molecule has 0 radical (unpaired) electrons. The van der Waals surface area contributed by atoms with Crippen LogP contribution in [0.5, 0.6) is 0 Å². The van der Waals surface area contributed by atoms with E-state index in [2.05, 4.69) is 21.2 Å². The summed E-state index contributed by atoms with van der Waals surface area (Å²) in [6, 6.07) is 5.00. The van der Waals surface area contributed by atoms with Gasteiger partial charge in [0.15, 0.2) is 0 Å². The molecule has 0 bridgehead atoms. The van der Waals surface area contributed by atoms with Gasteiger partial charge in [-0.2, -0.15) is 0 Å². The summed E-state index contributed by atoms with van der Waals surface area (Å²) in [6.45, 7) is 4.73. The van der Waals surface area contributed by atoms with Crippen molar-refractivity contribution in [3.05, 3.63) is 34.1 Å². The number of likely N-dealkylation sites (N-methyl/N-ethyl adjacent to an activating group) is 1. The van der Waals surface area contributed by atoms with E-state index < -0.39 is 0 Å². The molecule has 0 fully saturated rings. The molecule has 4 heteroatoms. The fourth-order valence-corrected chi connectivity index (χ4v) is 2.32. The topological polar surface area (TPSA) is 21.3 Å². The molecule has 0 aromatic heterocycles. The second-order valence-corrected chi connectivity index (χ2v) is 4.85. The largest absolute Gasteiger partial charge is 0.377 e. The maximum atomic E-state index is 13.0. The molecule has 2 atom stereocenters. The number of rotatable bonds is 6. The smallest absolute Gasteiger partial charge is 0.124 e. The van der Waals surface area contributed by atoms with Gasteiger partial charge in [0.1, 0.15) is 5.82 Å². The summed E-state index contributed by atoms with van der Waals surface area (Å²) in [5.41, 5.74) is 1.08. The molecule has 0 aliphatic carbocycles. The summed E-state index contributed by atoms with van der Waals surface area (Å²) in [4.78, 5) is 0. The number of hydrogen-bond donors (Lipinski definition) is 1. The summed E-state index contributed by atoms with van der Waals surface area (Å²) in [5, 5.41) is 3.24. The fraction of sp³-hybridized carbons (Fsp3) is 0.538. The highest BCUT2D eigenvalue weighted by molar-refractivity contribution is 9.10. The van der Waals surface area contributed by atoms with Crippen LogP contribution in [0, 0.1) is 5.82 Å². The molecule has 1 aromatic carbocycles. The Morgan fingerprint density at radius 3 is 2.71 bits per heavy atom. The van der Waals surface area contributed by atoms with Crippen molar-refractivity contribution < 1.29 is 9.13 Å². The molecule has 0 aliphatic heterocycles. The van der Waals surface area contributed by atoms with E-state index in [1.54, 1.807) is 0 Å². The van der Waals surface area contributed by atoms with E-state index in [1.165, 1.54) is 12.1 Å². The van der Waals surface area contributed by atoms with Gasteiger partial charge in [-0.25, -0.2) is 4.39 Å². The molecular weight excluding hydrogens is 285 g/mol. The summed E-state index contributed by atoms with van der Waals surface area (Å²) < 4.78 is 19.4. The standard InChI is InChI=1S/C13H19BrFNO/c1-4-17-9(2)13(16-3)7-10-5-6-11(15)8-12(10)14/h5-6,8-9,13,16H,4,7H2,1-3H3. The minimum atomic E-state index is -0.223. The maximum Gasteiger partial charge on any atom is 0.124 e. The monoisotopic (exact) mass is 303 g/mol. The van der Waals surface area contributed by atoms with Crippen LogP contribution >= 0.6 is 15.9 Å². The van der Waals surface area contributed by atoms with Gasteiger partial charge in [0.2, 0.25) is 0 Å². The number of benzene rings is 1. The molecule has 1 rings (SSSR count). The van der Waals surface area contributed by atoms with Crippen molar-refractivity contribution in [1.29, 1.82) is 0 Å². The first-order valence-corrected chi connectivity index (χ1v) is 6.60. The summed E-state index contributed by atoms with van der Waals surface area (Å²) in [5.74, 6) is -0.223. The third-order valence-corrected chi connectivity index (χ3v) is 3.56. The van der Waals surface area contributed by atoms with E-state index in [0.717, 1.165) is 16.5 Å². The van der Waals surface area contributed by atoms with Crippen LogP contribution in [0.2, 0.25) is 0 Å². The van der Waals surface area contributed by atoms with E-state index in [4.69, 9.17) is 4.74 Å². The van der Waals surface area contributed by atoms with Crippen LogP contribution in [0.3, 0.4) is 0 Å². The van der Waals surface area contributed by atoms with Crippen molar-refractivity contribution in [3.8, 4) is 0 Å². The van der Waals surface area contributed by atoms with E-state index >= 15 is 0 Å². The Balaban J connectivity index is 2.73. The lowest BCUT2D eigenvalue weighted by Crippen LogP contribution is -2.39. The zero-order valence-electron chi connectivity index (χ0n) is 10.5. The lowest BCUT2D eigenvalue weighted by atomic mass is 10.0. The van der Waals surface area contributed by atoms with Crippen LogP contribution < -0.4 is 5.32 Å². The van der Waals surface area contributed by atoms with Crippen molar-refractivity contribution in [1.82, 2.24) is 5.32 Å². The molecule has 0 aliphatic rings. The zero-order chi connectivity index (χ0) is 12.8. The van der Waals surface area contributed by atoms with Crippen LogP contribution in [0.4, 0.5) is 4.39 Å². The van der Waals surface area contributed by atoms with Crippen molar-refractivity contribution >= 4 is 15.9 Å². The SMILES string of the molecule is CCOC(C)C(Cc1ccc(F)cc1Br)NC. The molecule has 2 unspecified atom stereocenters. The number of nitrogens with one attached hydrogen (secondary N) is 1. The second-order valence-electron chi connectivity index (χ2n) is 4.00. The molecule has 1 N–H and O–H groups in total. The van der Waals surface area contributed by atoms with Crippen LogP contribution in [0.25, 0.3) is 0 Å². The van der Waals surface area contributed by atoms with E-state index in [9.17, 15) is 4.39 Å². The van der Waals surface area contributed by atoms with E-state index in [-0.39, 0.29) is 18.0 Å². The Morgan fingerprint density at radius 2 is 2.18 bits per heavy atom. The number of halogens is 2. The summed E-state index contributed by atoms with van der Waals surface area (Å²) in [6.07, 6.45) is 0.931. The van der Waals surface area contributed by atoms with Gasteiger partial charge in [-0.15, -0.1) is 0 Å². The Hall–Kier alpha value is -0.450. The third-order valence-electron chi connectivity index (χ3n) is 2.82. The highest BCUT2D eigenvalue weighted by Crippen LogP contribution is 2.20. The quantitative estimate of drug-likeness (QED) is 0.872. The fourth-order valence-electron chi connectivity index (χ4n) is 1.81. The highest BCUT2D eigenvalue weighted by Gasteiger charge is 2.17. The van der Waals surface area contributed by atoms with E-state index in [1.807, 2.05) is 27.0 Å². The first-order valence-electron chi connectivity index (χ1n) is 5.81. The lowest BCUT2D eigenvalue weighted by molar-refractivity contribution is 0.0496. The zero-order valence-corrected chi connectivity index (χ0v) is 12.1. The number of ether oxygens (including phenoxy) is 1. The van der Waals surface area contributed by atoms with Gasteiger partial charge in [0.05, 0.1) is 6.10 Å². The molecule has 17 heavy (non-hydrogen) atoms. The van der Waals surface area contributed by atoms with Crippen LogP contribution in [-0.4, -0.2) is 25.8 Å². The van der Waals surface area contributed by atoms with E-state index in [0.29, 0.717) is 6.61 Å². The normalized spacial score (nSPS) is 14.6. The third kappa shape index (κ3) is 4.37. The number of hydrogen-bond acceptors (Lipinski definition) is 2. The molecule has 0 saturated carbocycles. The van der Waals surface area contributed by atoms with Crippen LogP contribution in [-0.2, 0) is 11.2 Å². The predicted octanol–water partition coefficient (Wildman–Crippen LogP) is 3.14. The Bertz CT molecular complexity index is 359. The van der Waals surface area contributed by atoms with Gasteiger partial charge in [0, 0.05) is 17.1 Å². The molecular formula is C13H19BrFNO. The minimum Gasteiger partial charge on any atom is -0.377 e. The van der Waals surface area contributed by atoms with Gasteiger partial charge in [-0.1, -0.05) is 22.0 Å². The average Bonchev–Trinajstić information content (AvgIpc) is 2.28. The van der Waals surface area contributed by atoms with Gasteiger partial charge >= 0.3 is 0 Å². The van der Waals surface area contributed by atoms with Gasteiger partial charge in [-0.3, -0.25) is 0 Å². The maximum absolute atomic E-state index is 13.0. The molecule has 0 heterocycles. The molecule has 0 spiro atoms. The van der Waals surface area contributed by atoms with Gasteiger partial charge in [-0.05, 0) is 45.0 Å². The van der Waals surface area contributed by atoms with Crippen LogP contribution in [0.1, 0.15) is 19.4 Å². The molecule has 0 saturated heterocycles. The molecule has 1 aromatic rings. The summed E-state index contributed by atoms with van der Waals surface area (Å²) in [7, 11) is 1.91. The first kappa shape index (κ1) is 14.6. The molecule has 0 amide bonds. The van der Waals surface area contributed by atoms with Crippen LogP contribution in [0.15, 0.2) is 22.7 Å². The van der Waals surface area contributed by atoms with Gasteiger partial charge in [0.25, 0.3) is 0 Å². The van der Waals surface area contributed by atoms with Crippen molar-refractivity contribution in [3.63, 3.8) is 0 Å². The Kier molecular flexibility index (Phi) is 6.09. The average molecular weight is 304 g/mol. The van der Waals surface area contributed by atoms with Gasteiger partial charge < -0.3 is 10.1 Å². The molecule has 2 nitrogen and oxygen atoms in total. The first-order chi connectivity index (χ1) is 8.08. The predicted molar refractivity (Wildman–Crippen MR) is 71.7 cm³/mol. The lowest BCUT2D eigenvalue weighted by Gasteiger charge is -2.24. The van der Waals surface area contributed by atoms with Crippen molar-refractivity contribution in [2.75, 3.05) is 13.7 Å². The Morgan fingerprint density at radius 1 is 1.47 bits per heavy atom. The minimum absolute atomic E-state index is 0.127. The van der Waals surface area contributed by atoms with Crippen molar-refractivity contribution in [2.24, 2.45) is 0 Å². The Labute approximate surface area is 111 Å². The summed E-state index contributed by atoms with van der Waals surface area (Å²) >= 11 is 3.38.